The predicted octanol–water partition coefficient (Wildman–Crippen LogP) is -2.08. The highest BCUT2D eigenvalue weighted by Crippen LogP contribution is 2.25. The number of carbonyl (C=O) groups excluding carboxylic acids is 1. The van der Waals surface area contributed by atoms with Crippen molar-refractivity contribution in [1.29, 1.82) is 0 Å². The third-order valence-electron chi connectivity index (χ3n) is 3.14. The van der Waals surface area contributed by atoms with Gasteiger partial charge in [-0.1, -0.05) is 0 Å². The van der Waals surface area contributed by atoms with Gasteiger partial charge in [-0.15, -0.1) is 0 Å². The molecular formula is C12H20O8. The van der Waals surface area contributed by atoms with Crippen molar-refractivity contribution in [2.75, 3.05) is 20.8 Å². The molecule has 20 heavy (non-hydrogen) atoms. The van der Waals surface area contributed by atoms with E-state index in [0.29, 0.717) is 0 Å². The molecule has 8 heteroatoms. The van der Waals surface area contributed by atoms with E-state index in [1.165, 1.54) is 14.2 Å². The Morgan fingerprint density at radius 1 is 1.10 bits per heavy atom. The summed E-state index contributed by atoms with van der Waals surface area (Å²) in [7, 11) is 2.54. The molecule has 1 rings (SSSR count). The van der Waals surface area contributed by atoms with E-state index in [1.54, 1.807) is 0 Å². The second-order valence-corrected chi connectivity index (χ2v) is 4.41. The molecule has 0 bridgehead atoms. The summed E-state index contributed by atoms with van der Waals surface area (Å²) < 4.78 is 14.7. The van der Waals surface area contributed by atoms with E-state index >= 15 is 0 Å². The molecule has 5 atom stereocenters. The lowest BCUT2D eigenvalue weighted by Gasteiger charge is -2.40. The molecule has 1 aliphatic heterocycles. The van der Waals surface area contributed by atoms with Crippen molar-refractivity contribution in [2.45, 2.75) is 36.9 Å². The highest BCUT2D eigenvalue weighted by atomic mass is 16.5. The van der Waals surface area contributed by atoms with Crippen LogP contribution in [0, 0.1) is 0 Å². The molecule has 0 aliphatic carbocycles. The lowest BCUT2D eigenvalue weighted by atomic mass is 9.93. The molecule has 0 spiro atoms. The second kappa shape index (κ2) is 7.55. The van der Waals surface area contributed by atoms with Crippen LogP contribution in [-0.2, 0) is 19.0 Å². The van der Waals surface area contributed by atoms with Crippen LogP contribution >= 0.6 is 0 Å². The maximum atomic E-state index is 11.1. The lowest BCUT2D eigenvalue weighted by molar-refractivity contribution is -0.229. The standard InChI is InChI=1S/C12H20O8/c1-18-6(4-9(14)19-2)3-7-10(15)12(17)11(16)8(5-13)20-7/h4,7-8,10-13,15-17H,3,5H2,1-2H3/b6-4+/t7-,8+,10-,11-,12+/m0/s1. The number of methoxy groups -OCH3 is 2. The highest BCUT2D eigenvalue weighted by molar-refractivity contribution is 5.82. The van der Waals surface area contributed by atoms with E-state index < -0.39 is 43.1 Å². The molecular weight excluding hydrogens is 272 g/mol. The van der Waals surface area contributed by atoms with Gasteiger partial charge in [0.2, 0.25) is 0 Å². The number of esters is 1. The van der Waals surface area contributed by atoms with Crippen LogP contribution in [0.4, 0.5) is 0 Å². The minimum atomic E-state index is -1.46. The van der Waals surface area contributed by atoms with Gasteiger partial charge in [-0.25, -0.2) is 4.79 Å². The Hall–Kier alpha value is -1.19. The van der Waals surface area contributed by atoms with Crippen molar-refractivity contribution in [3.8, 4) is 0 Å². The van der Waals surface area contributed by atoms with Gasteiger partial charge in [-0.05, 0) is 0 Å². The largest absolute Gasteiger partial charge is 0.501 e. The summed E-state index contributed by atoms with van der Waals surface area (Å²) in [6.07, 6.45) is -5.10. The van der Waals surface area contributed by atoms with Crippen molar-refractivity contribution in [2.24, 2.45) is 0 Å². The summed E-state index contributed by atoms with van der Waals surface area (Å²) >= 11 is 0. The molecule has 4 N–H and O–H groups in total. The Morgan fingerprint density at radius 2 is 1.70 bits per heavy atom. The molecule has 1 heterocycles. The van der Waals surface area contributed by atoms with Gasteiger partial charge in [-0.3, -0.25) is 0 Å². The van der Waals surface area contributed by atoms with Gasteiger partial charge in [0, 0.05) is 6.42 Å². The number of rotatable bonds is 5. The van der Waals surface area contributed by atoms with Crippen LogP contribution in [0.2, 0.25) is 0 Å². The first-order valence-electron chi connectivity index (χ1n) is 6.07. The topological polar surface area (TPSA) is 126 Å². The molecule has 1 saturated heterocycles. The van der Waals surface area contributed by atoms with Gasteiger partial charge in [0.1, 0.15) is 30.2 Å². The fourth-order valence-electron chi connectivity index (χ4n) is 1.94. The Morgan fingerprint density at radius 3 is 2.20 bits per heavy atom. The van der Waals surface area contributed by atoms with Gasteiger partial charge in [-0.2, -0.15) is 0 Å². The van der Waals surface area contributed by atoms with Crippen LogP contribution in [0.3, 0.4) is 0 Å². The number of hydrogen-bond acceptors (Lipinski definition) is 8. The average molecular weight is 292 g/mol. The van der Waals surface area contributed by atoms with Crippen LogP contribution in [0.25, 0.3) is 0 Å². The fourth-order valence-corrected chi connectivity index (χ4v) is 1.94. The predicted molar refractivity (Wildman–Crippen MR) is 65.5 cm³/mol. The normalized spacial score (nSPS) is 34.7. The SMILES string of the molecule is COC(=O)/C=C(\C[C@@H]1O[C@H](CO)[C@H](O)[C@H](O)[C@H]1O)OC. The molecule has 1 fully saturated rings. The van der Waals surface area contributed by atoms with Crippen LogP contribution in [0.1, 0.15) is 6.42 Å². The molecule has 0 amide bonds. The number of hydrogen-bond donors (Lipinski definition) is 4. The number of aliphatic hydroxyl groups is 4. The monoisotopic (exact) mass is 292 g/mol. The van der Waals surface area contributed by atoms with Crippen LogP contribution in [0.15, 0.2) is 11.8 Å². The third kappa shape index (κ3) is 3.90. The van der Waals surface area contributed by atoms with Crippen molar-refractivity contribution in [3.05, 3.63) is 11.8 Å². The van der Waals surface area contributed by atoms with Gasteiger partial charge in [0.25, 0.3) is 0 Å². The first kappa shape index (κ1) is 16.9. The van der Waals surface area contributed by atoms with E-state index in [2.05, 4.69) is 4.74 Å². The number of ether oxygens (including phenoxy) is 3. The fraction of sp³-hybridized carbons (Fsp3) is 0.750. The molecule has 0 radical (unpaired) electrons. The van der Waals surface area contributed by atoms with E-state index in [1.807, 2.05) is 0 Å². The van der Waals surface area contributed by atoms with Gasteiger partial charge >= 0.3 is 5.97 Å². The smallest absolute Gasteiger partial charge is 0.333 e. The maximum absolute atomic E-state index is 11.1. The Kier molecular flexibility index (Phi) is 6.37. The Balaban J connectivity index is 2.78. The summed E-state index contributed by atoms with van der Waals surface area (Å²) in [5.41, 5.74) is 0. The third-order valence-corrected chi connectivity index (χ3v) is 3.14. The number of carbonyl (C=O) groups is 1. The maximum Gasteiger partial charge on any atom is 0.333 e. The molecule has 0 aromatic rings. The van der Waals surface area contributed by atoms with Crippen LogP contribution in [-0.4, -0.2) is 77.7 Å². The molecule has 0 aromatic heterocycles. The molecule has 0 saturated carbocycles. The second-order valence-electron chi connectivity index (χ2n) is 4.41. The van der Waals surface area contributed by atoms with E-state index in [0.717, 1.165) is 6.08 Å². The Labute approximate surface area is 116 Å². The van der Waals surface area contributed by atoms with Gasteiger partial charge < -0.3 is 34.6 Å². The first-order valence-corrected chi connectivity index (χ1v) is 6.07. The Bertz CT molecular complexity index is 353. The summed E-state index contributed by atoms with van der Waals surface area (Å²) in [5.74, 6) is -0.451. The zero-order valence-electron chi connectivity index (χ0n) is 11.3. The quantitative estimate of drug-likeness (QED) is 0.258. The molecule has 0 aromatic carbocycles. The van der Waals surface area contributed by atoms with Gasteiger partial charge in [0.05, 0.1) is 33.0 Å². The van der Waals surface area contributed by atoms with Crippen molar-refractivity contribution in [1.82, 2.24) is 0 Å². The zero-order valence-corrected chi connectivity index (χ0v) is 11.3. The van der Waals surface area contributed by atoms with E-state index in [4.69, 9.17) is 14.6 Å². The lowest BCUT2D eigenvalue weighted by Crippen LogP contribution is -2.58. The summed E-state index contributed by atoms with van der Waals surface area (Å²) in [6, 6.07) is 0. The summed E-state index contributed by atoms with van der Waals surface area (Å²) in [5, 5.41) is 38.2. The number of aliphatic hydroxyl groups excluding tert-OH is 4. The molecule has 8 nitrogen and oxygen atoms in total. The molecule has 0 unspecified atom stereocenters. The molecule has 1 aliphatic rings. The minimum Gasteiger partial charge on any atom is -0.501 e. The van der Waals surface area contributed by atoms with Crippen molar-refractivity contribution in [3.63, 3.8) is 0 Å². The van der Waals surface area contributed by atoms with Crippen molar-refractivity contribution < 1.29 is 39.4 Å². The van der Waals surface area contributed by atoms with Crippen LogP contribution in [0.5, 0.6) is 0 Å². The van der Waals surface area contributed by atoms with Gasteiger partial charge in [0.15, 0.2) is 0 Å². The minimum absolute atomic E-state index is 0.0208. The summed E-state index contributed by atoms with van der Waals surface area (Å²) in [4.78, 5) is 11.1. The molecule has 116 valence electrons. The average Bonchev–Trinajstić information content (AvgIpc) is 2.46. The van der Waals surface area contributed by atoms with E-state index in [-0.39, 0.29) is 12.2 Å². The summed E-state index contributed by atoms with van der Waals surface area (Å²) in [6.45, 7) is -0.509. The van der Waals surface area contributed by atoms with Crippen LogP contribution < -0.4 is 0 Å². The zero-order chi connectivity index (χ0) is 15.3. The van der Waals surface area contributed by atoms with E-state index in [9.17, 15) is 20.1 Å². The first-order chi connectivity index (χ1) is 9.44. The van der Waals surface area contributed by atoms with Crippen molar-refractivity contribution >= 4 is 5.97 Å². The highest BCUT2D eigenvalue weighted by Gasteiger charge is 2.43.